The lowest BCUT2D eigenvalue weighted by atomic mass is 10.1. The van der Waals surface area contributed by atoms with E-state index < -0.39 is 6.10 Å². The van der Waals surface area contributed by atoms with Crippen molar-refractivity contribution in [2.24, 2.45) is 0 Å². The van der Waals surface area contributed by atoms with Crippen LogP contribution in [0.5, 0.6) is 0 Å². The Balaban J connectivity index is 4.29. The number of hydrogen-bond donors (Lipinski definition) is 0. The van der Waals surface area contributed by atoms with Crippen molar-refractivity contribution in [2.45, 2.75) is 213 Å². The number of esters is 3. The molecule has 0 aromatic heterocycles. The van der Waals surface area contributed by atoms with Gasteiger partial charge in [-0.1, -0.05) is 166 Å². The maximum atomic E-state index is 12.6. The second-order valence-electron chi connectivity index (χ2n) is 14.2. The van der Waals surface area contributed by atoms with E-state index in [1.807, 2.05) is 0 Å². The van der Waals surface area contributed by atoms with Gasteiger partial charge in [0.15, 0.2) is 6.10 Å². The number of hydrogen-bond acceptors (Lipinski definition) is 6. The summed E-state index contributed by atoms with van der Waals surface area (Å²) in [5, 5.41) is 0. The standard InChI is InChI=1S/C46H80O6/c1-4-7-10-13-16-18-20-21-22-23-24-25-26-28-30-33-36-39-45(48)51-42-43(41-50-44(47)38-35-32-29-15-12-9-6-3)52-46(49)40-37-34-31-27-19-17-14-11-8-5-2/h7,10-11,14,16,18,21-22,43H,4-6,8-9,12-13,15,17,19-20,23-42H2,1-3H3/b10-7-,14-11-,18-16-,22-21-. The first kappa shape index (κ1) is 49.4. The van der Waals surface area contributed by atoms with Crippen LogP contribution >= 0.6 is 0 Å². The molecule has 6 nitrogen and oxygen atoms in total. The molecular weight excluding hydrogens is 648 g/mol. The highest BCUT2D eigenvalue weighted by Crippen LogP contribution is 2.13. The number of rotatable bonds is 38. The second-order valence-corrected chi connectivity index (χ2v) is 14.2. The summed E-state index contributed by atoms with van der Waals surface area (Å²) in [6.45, 7) is 6.39. The predicted molar refractivity (Wildman–Crippen MR) is 219 cm³/mol. The van der Waals surface area contributed by atoms with Crippen LogP contribution in [0.15, 0.2) is 48.6 Å². The van der Waals surface area contributed by atoms with Gasteiger partial charge in [-0.3, -0.25) is 14.4 Å². The van der Waals surface area contributed by atoms with Crippen LogP contribution < -0.4 is 0 Å². The smallest absolute Gasteiger partial charge is 0.306 e. The van der Waals surface area contributed by atoms with Gasteiger partial charge in [-0.15, -0.1) is 0 Å². The Labute approximate surface area is 320 Å². The Hall–Kier alpha value is -2.63. The van der Waals surface area contributed by atoms with Gasteiger partial charge in [0, 0.05) is 19.3 Å². The molecule has 0 N–H and O–H groups in total. The minimum atomic E-state index is -0.774. The van der Waals surface area contributed by atoms with Gasteiger partial charge in [0.1, 0.15) is 13.2 Å². The van der Waals surface area contributed by atoms with Crippen LogP contribution in [0.25, 0.3) is 0 Å². The number of ether oxygens (including phenoxy) is 3. The molecule has 0 aliphatic rings. The molecule has 6 heteroatoms. The van der Waals surface area contributed by atoms with E-state index in [1.165, 1.54) is 64.2 Å². The Bertz CT molecular complexity index is 933. The third-order valence-corrected chi connectivity index (χ3v) is 9.05. The first-order valence-corrected chi connectivity index (χ1v) is 21.6. The van der Waals surface area contributed by atoms with Gasteiger partial charge in [-0.05, 0) is 70.6 Å². The first-order chi connectivity index (χ1) is 25.5. The minimum absolute atomic E-state index is 0.0797. The van der Waals surface area contributed by atoms with E-state index in [1.54, 1.807) is 0 Å². The maximum Gasteiger partial charge on any atom is 0.306 e. The van der Waals surface area contributed by atoms with Gasteiger partial charge in [0.05, 0.1) is 0 Å². The molecular formula is C46H80O6. The molecule has 0 radical (unpaired) electrons. The quantitative estimate of drug-likeness (QED) is 0.0272. The highest BCUT2D eigenvalue weighted by Gasteiger charge is 2.19. The molecule has 1 atom stereocenters. The summed E-state index contributed by atoms with van der Waals surface area (Å²) >= 11 is 0. The van der Waals surface area contributed by atoms with Crippen molar-refractivity contribution >= 4 is 17.9 Å². The van der Waals surface area contributed by atoms with Crippen molar-refractivity contribution in [3.8, 4) is 0 Å². The molecule has 0 heterocycles. The van der Waals surface area contributed by atoms with Crippen molar-refractivity contribution in [3.05, 3.63) is 48.6 Å². The Morgan fingerprint density at radius 1 is 0.404 bits per heavy atom. The number of carbonyl (C=O) groups is 3. The van der Waals surface area contributed by atoms with Crippen LogP contribution in [0.1, 0.15) is 207 Å². The largest absolute Gasteiger partial charge is 0.462 e. The van der Waals surface area contributed by atoms with Crippen molar-refractivity contribution in [1.29, 1.82) is 0 Å². The third-order valence-electron chi connectivity index (χ3n) is 9.05. The second kappa shape index (κ2) is 41.1. The van der Waals surface area contributed by atoms with Gasteiger partial charge in [0.2, 0.25) is 0 Å². The molecule has 0 aliphatic carbocycles. The molecule has 0 saturated heterocycles. The van der Waals surface area contributed by atoms with Crippen LogP contribution in [-0.4, -0.2) is 37.2 Å². The summed E-state index contributed by atoms with van der Waals surface area (Å²) in [6.07, 6.45) is 46.8. The van der Waals surface area contributed by atoms with E-state index in [-0.39, 0.29) is 31.1 Å². The first-order valence-electron chi connectivity index (χ1n) is 21.6. The van der Waals surface area contributed by atoms with E-state index >= 15 is 0 Å². The van der Waals surface area contributed by atoms with Gasteiger partial charge >= 0.3 is 17.9 Å². The predicted octanol–water partition coefficient (Wildman–Crippen LogP) is 13.6. The van der Waals surface area contributed by atoms with Gasteiger partial charge in [0.25, 0.3) is 0 Å². The summed E-state index contributed by atoms with van der Waals surface area (Å²) in [5.74, 6) is -0.911. The average Bonchev–Trinajstić information content (AvgIpc) is 3.14. The van der Waals surface area contributed by atoms with Crippen LogP contribution in [0.3, 0.4) is 0 Å². The lowest BCUT2D eigenvalue weighted by molar-refractivity contribution is -0.167. The van der Waals surface area contributed by atoms with Crippen LogP contribution in [0, 0.1) is 0 Å². The highest BCUT2D eigenvalue weighted by molar-refractivity contribution is 5.71. The lowest BCUT2D eigenvalue weighted by Gasteiger charge is -2.18. The fourth-order valence-electron chi connectivity index (χ4n) is 5.81. The Kier molecular flexibility index (Phi) is 39.1. The monoisotopic (exact) mass is 729 g/mol. The van der Waals surface area contributed by atoms with Crippen molar-refractivity contribution < 1.29 is 28.6 Å². The number of carbonyl (C=O) groups excluding carboxylic acids is 3. The molecule has 0 aromatic carbocycles. The van der Waals surface area contributed by atoms with Crippen molar-refractivity contribution in [1.82, 2.24) is 0 Å². The Morgan fingerprint density at radius 2 is 0.788 bits per heavy atom. The summed E-state index contributed by atoms with van der Waals surface area (Å²) < 4.78 is 16.6. The molecule has 0 amide bonds. The fraction of sp³-hybridized carbons (Fsp3) is 0.761. The molecule has 0 fully saturated rings. The average molecular weight is 729 g/mol. The van der Waals surface area contributed by atoms with E-state index in [9.17, 15) is 14.4 Å². The number of unbranched alkanes of at least 4 members (excludes halogenated alkanes) is 19. The molecule has 0 spiro atoms. The van der Waals surface area contributed by atoms with Gasteiger partial charge < -0.3 is 14.2 Å². The van der Waals surface area contributed by atoms with Gasteiger partial charge in [-0.25, -0.2) is 0 Å². The minimum Gasteiger partial charge on any atom is -0.462 e. The molecule has 0 bridgehead atoms. The molecule has 300 valence electrons. The van der Waals surface area contributed by atoms with E-state index in [0.717, 1.165) is 103 Å². The van der Waals surface area contributed by atoms with Crippen molar-refractivity contribution in [3.63, 3.8) is 0 Å². The third kappa shape index (κ3) is 38.6. The topological polar surface area (TPSA) is 78.9 Å². The molecule has 0 aliphatic heterocycles. The molecule has 1 unspecified atom stereocenters. The van der Waals surface area contributed by atoms with Crippen LogP contribution in [0.2, 0.25) is 0 Å². The van der Waals surface area contributed by atoms with E-state index in [2.05, 4.69) is 69.4 Å². The summed E-state index contributed by atoms with van der Waals surface area (Å²) in [6, 6.07) is 0. The molecule has 0 rings (SSSR count). The molecule has 52 heavy (non-hydrogen) atoms. The zero-order chi connectivity index (χ0) is 38.0. The highest BCUT2D eigenvalue weighted by atomic mass is 16.6. The molecule has 0 saturated carbocycles. The van der Waals surface area contributed by atoms with E-state index in [0.29, 0.717) is 19.3 Å². The summed E-state index contributed by atoms with van der Waals surface area (Å²) in [7, 11) is 0. The molecule has 0 aromatic rings. The zero-order valence-electron chi connectivity index (χ0n) is 34.1. The number of allylic oxidation sites excluding steroid dienone is 8. The maximum absolute atomic E-state index is 12.6. The van der Waals surface area contributed by atoms with E-state index in [4.69, 9.17) is 14.2 Å². The summed E-state index contributed by atoms with van der Waals surface area (Å²) in [5.41, 5.74) is 0. The normalized spacial score (nSPS) is 12.4. The van der Waals surface area contributed by atoms with Gasteiger partial charge in [-0.2, -0.15) is 0 Å². The Morgan fingerprint density at radius 3 is 1.27 bits per heavy atom. The SMILES string of the molecule is CC/C=C\C/C=C\C/C=C\CCCCCCCCCC(=O)OCC(COC(=O)CCCCCCCCC)OC(=O)CCCCCCC/C=C\CCC. The van der Waals surface area contributed by atoms with Crippen LogP contribution in [0.4, 0.5) is 0 Å². The van der Waals surface area contributed by atoms with Crippen LogP contribution in [-0.2, 0) is 28.6 Å². The zero-order valence-corrected chi connectivity index (χ0v) is 34.1. The summed E-state index contributed by atoms with van der Waals surface area (Å²) in [4.78, 5) is 37.5. The lowest BCUT2D eigenvalue weighted by Crippen LogP contribution is -2.30. The van der Waals surface area contributed by atoms with Crippen molar-refractivity contribution in [2.75, 3.05) is 13.2 Å². The fourth-order valence-corrected chi connectivity index (χ4v) is 5.81.